The summed E-state index contributed by atoms with van der Waals surface area (Å²) in [6.45, 7) is 0. The fourth-order valence-corrected chi connectivity index (χ4v) is 3.73. The Kier molecular flexibility index (Phi) is 5.07. The summed E-state index contributed by atoms with van der Waals surface area (Å²) in [5.74, 6) is 2.04. The number of fused-ring (bicyclic) bond motifs is 1. The van der Waals surface area contributed by atoms with Crippen LogP contribution in [0.2, 0.25) is 5.02 Å². The molecule has 3 aromatic rings. The molecule has 1 aromatic heterocycles. The maximum atomic E-state index is 12.6. The van der Waals surface area contributed by atoms with E-state index in [0.29, 0.717) is 28.1 Å². The van der Waals surface area contributed by atoms with Gasteiger partial charge in [-0.3, -0.25) is 4.79 Å². The number of carbonyl (C=O) groups is 1. The third-order valence-electron chi connectivity index (χ3n) is 5.00. The van der Waals surface area contributed by atoms with Gasteiger partial charge >= 0.3 is 0 Å². The molecule has 2 heterocycles. The van der Waals surface area contributed by atoms with Gasteiger partial charge in [0.15, 0.2) is 11.5 Å². The summed E-state index contributed by atoms with van der Waals surface area (Å²) in [4.78, 5) is 12.6. The van der Waals surface area contributed by atoms with E-state index in [1.165, 1.54) is 0 Å². The van der Waals surface area contributed by atoms with Crippen LogP contribution >= 0.6 is 11.6 Å². The highest BCUT2D eigenvalue weighted by molar-refractivity contribution is 6.30. The summed E-state index contributed by atoms with van der Waals surface area (Å²) < 4.78 is 18.1. The van der Waals surface area contributed by atoms with E-state index in [-0.39, 0.29) is 18.2 Å². The summed E-state index contributed by atoms with van der Waals surface area (Å²) >= 11 is 5.99. The quantitative estimate of drug-likeness (QED) is 0.683. The van der Waals surface area contributed by atoms with Crippen LogP contribution in [-0.4, -0.2) is 37.0 Å². The zero-order valence-corrected chi connectivity index (χ0v) is 17.0. The minimum Gasteiger partial charge on any atom is -0.496 e. The van der Waals surface area contributed by atoms with Crippen molar-refractivity contribution in [3.8, 4) is 22.9 Å². The molecule has 1 aliphatic heterocycles. The minimum absolute atomic E-state index is 0.102. The van der Waals surface area contributed by atoms with Crippen molar-refractivity contribution in [2.45, 2.75) is 12.3 Å². The standard InChI is InChI=1S/C21H20ClN3O4/c1-27-17-10-19(29-3)18(28-2)8-15(17)14-9-20(26)24-21-16(14)11-23-25(21)13-6-4-12(22)5-7-13/h4-8,10-11,14H,9H2,1-3H3,(H,24,26). The number of aromatic nitrogens is 2. The largest absolute Gasteiger partial charge is 0.496 e. The van der Waals surface area contributed by atoms with Crippen molar-refractivity contribution < 1.29 is 19.0 Å². The molecular formula is C21H20ClN3O4. The van der Waals surface area contributed by atoms with E-state index in [0.717, 1.165) is 16.8 Å². The van der Waals surface area contributed by atoms with Crippen LogP contribution in [0.5, 0.6) is 17.2 Å². The van der Waals surface area contributed by atoms with E-state index >= 15 is 0 Å². The van der Waals surface area contributed by atoms with Crippen molar-refractivity contribution in [3.63, 3.8) is 0 Å². The highest BCUT2D eigenvalue weighted by Crippen LogP contribution is 2.45. The molecule has 1 amide bonds. The molecule has 29 heavy (non-hydrogen) atoms. The number of hydrogen-bond acceptors (Lipinski definition) is 5. The lowest BCUT2D eigenvalue weighted by Crippen LogP contribution is -2.25. The number of anilines is 1. The van der Waals surface area contributed by atoms with Gasteiger partial charge < -0.3 is 19.5 Å². The van der Waals surface area contributed by atoms with Crippen molar-refractivity contribution in [3.05, 3.63) is 58.7 Å². The molecule has 4 rings (SSSR count). The van der Waals surface area contributed by atoms with Gasteiger partial charge in [0.2, 0.25) is 5.91 Å². The first kappa shape index (κ1) is 19.1. The number of ether oxygens (including phenoxy) is 3. The Morgan fingerprint density at radius 3 is 2.31 bits per heavy atom. The van der Waals surface area contributed by atoms with Crippen LogP contribution in [0.4, 0.5) is 5.82 Å². The van der Waals surface area contributed by atoms with Gasteiger partial charge in [-0.2, -0.15) is 5.10 Å². The molecule has 0 fully saturated rings. The summed E-state index contributed by atoms with van der Waals surface area (Å²) in [5.41, 5.74) is 2.53. The molecular weight excluding hydrogens is 394 g/mol. The van der Waals surface area contributed by atoms with Gasteiger partial charge in [-0.15, -0.1) is 0 Å². The second-order valence-electron chi connectivity index (χ2n) is 6.59. The molecule has 1 N–H and O–H groups in total. The average Bonchev–Trinajstić information content (AvgIpc) is 3.16. The number of nitrogens with zero attached hydrogens (tertiary/aromatic N) is 2. The van der Waals surface area contributed by atoms with E-state index in [1.54, 1.807) is 50.4 Å². The predicted octanol–water partition coefficient (Wildman–Crippen LogP) is 4.03. The molecule has 7 nitrogen and oxygen atoms in total. The monoisotopic (exact) mass is 413 g/mol. The zero-order chi connectivity index (χ0) is 20.5. The number of amides is 1. The molecule has 0 saturated carbocycles. The van der Waals surface area contributed by atoms with Gasteiger partial charge in [0.25, 0.3) is 0 Å². The number of benzene rings is 2. The van der Waals surface area contributed by atoms with E-state index in [2.05, 4.69) is 10.4 Å². The summed E-state index contributed by atoms with van der Waals surface area (Å²) in [6, 6.07) is 10.9. The van der Waals surface area contributed by atoms with Crippen molar-refractivity contribution in [2.75, 3.05) is 26.6 Å². The minimum atomic E-state index is -0.241. The van der Waals surface area contributed by atoms with Gasteiger partial charge in [0, 0.05) is 34.6 Å². The lowest BCUT2D eigenvalue weighted by molar-refractivity contribution is -0.116. The van der Waals surface area contributed by atoms with E-state index in [9.17, 15) is 4.79 Å². The fourth-order valence-electron chi connectivity index (χ4n) is 3.60. The van der Waals surface area contributed by atoms with Crippen molar-refractivity contribution in [1.82, 2.24) is 9.78 Å². The first-order valence-electron chi connectivity index (χ1n) is 8.99. The number of halogens is 1. The number of methoxy groups -OCH3 is 3. The first-order valence-corrected chi connectivity index (χ1v) is 9.37. The van der Waals surface area contributed by atoms with Crippen molar-refractivity contribution >= 4 is 23.3 Å². The molecule has 2 aromatic carbocycles. The van der Waals surface area contributed by atoms with Crippen LogP contribution in [-0.2, 0) is 4.79 Å². The summed E-state index contributed by atoms with van der Waals surface area (Å²) in [7, 11) is 4.73. The van der Waals surface area contributed by atoms with Gasteiger partial charge in [-0.05, 0) is 30.3 Å². The third kappa shape index (κ3) is 3.38. The molecule has 0 saturated heterocycles. The van der Waals surface area contributed by atoms with Gasteiger partial charge in [0.05, 0.1) is 33.2 Å². The van der Waals surface area contributed by atoms with Crippen LogP contribution in [0, 0.1) is 0 Å². The molecule has 0 bridgehead atoms. The Hall–Kier alpha value is -3.19. The second kappa shape index (κ2) is 7.67. The highest BCUT2D eigenvalue weighted by Gasteiger charge is 2.33. The fraction of sp³-hybridized carbons (Fsp3) is 0.238. The van der Waals surface area contributed by atoms with Crippen LogP contribution in [0.15, 0.2) is 42.6 Å². The zero-order valence-electron chi connectivity index (χ0n) is 16.2. The molecule has 0 spiro atoms. The number of nitrogens with one attached hydrogen (secondary N) is 1. The number of rotatable bonds is 5. The second-order valence-corrected chi connectivity index (χ2v) is 7.03. The Labute approximate surface area is 173 Å². The molecule has 0 radical (unpaired) electrons. The lowest BCUT2D eigenvalue weighted by atomic mass is 9.86. The SMILES string of the molecule is COc1cc(OC)c(C2CC(=O)Nc3c2cnn3-c2ccc(Cl)cc2)cc1OC. The third-order valence-corrected chi connectivity index (χ3v) is 5.25. The molecule has 0 aliphatic carbocycles. The van der Waals surface area contributed by atoms with Crippen molar-refractivity contribution in [1.29, 1.82) is 0 Å². The Morgan fingerprint density at radius 2 is 1.66 bits per heavy atom. The van der Waals surface area contributed by atoms with E-state index < -0.39 is 0 Å². The molecule has 8 heteroatoms. The highest BCUT2D eigenvalue weighted by atomic mass is 35.5. The molecule has 150 valence electrons. The average molecular weight is 414 g/mol. The Bertz CT molecular complexity index is 1060. The van der Waals surface area contributed by atoms with Crippen molar-refractivity contribution in [2.24, 2.45) is 0 Å². The summed E-state index contributed by atoms with van der Waals surface area (Å²) in [5, 5.41) is 8.07. The first-order chi connectivity index (χ1) is 14.0. The van der Waals surface area contributed by atoms with E-state index in [1.807, 2.05) is 18.2 Å². The van der Waals surface area contributed by atoms with Crippen LogP contribution in [0.1, 0.15) is 23.5 Å². The van der Waals surface area contributed by atoms with E-state index in [4.69, 9.17) is 25.8 Å². The molecule has 1 unspecified atom stereocenters. The topological polar surface area (TPSA) is 74.6 Å². The predicted molar refractivity (Wildman–Crippen MR) is 110 cm³/mol. The van der Waals surface area contributed by atoms with Crippen LogP contribution in [0.25, 0.3) is 5.69 Å². The Balaban J connectivity index is 1.84. The van der Waals surface area contributed by atoms with Gasteiger partial charge in [-0.25, -0.2) is 4.68 Å². The van der Waals surface area contributed by atoms with Crippen LogP contribution in [0.3, 0.4) is 0 Å². The maximum absolute atomic E-state index is 12.6. The number of hydrogen-bond donors (Lipinski definition) is 1. The lowest BCUT2D eigenvalue weighted by Gasteiger charge is -2.26. The Morgan fingerprint density at radius 1 is 1.00 bits per heavy atom. The van der Waals surface area contributed by atoms with Gasteiger partial charge in [0.1, 0.15) is 11.6 Å². The number of carbonyl (C=O) groups excluding carboxylic acids is 1. The normalized spacial score (nSPS) is 15.4. The van der Waals surface area contributed by atoms with Gasteiger partial charge in [-0.1, -0.05) is 11.6 Å². The smallest absolute Gasteiger partial charge is 0.226 e. The van der Waals surface area contributed by atoms with Crippen LogP contribution < -0.4 is 19.5 Å². The summed E-state index contributed by atoms with van der Waals surface area (Å²) in [6.07, 6.45) is 2.04. The maximum Gasteiger partial charge on any atom is 0.226 e. The molecule has 1 atom stereocenters. The molecule has 1 aliphatic rings.